The zero-order valence-electron chi connectivity index (χ0n) is 14.4. The van der Waals surface area contributed by atoms with Gasteiger partial charge in [-0.2, -0.15) is 0 Å². The first kappa shape index (κ1) is 17.9. The largest absolute Gasteiger partial charge is 0.359 e. The lowest BCUT2D eigenvalue weighted by Gasteiger charge is -2.24. The Morgan fingerprint density at radius 2 is 1.75 bits per heavy atom. The van der Waals surface area contributed by atoms with E-state index in [1.165, 1.54) is 19.0 Å². The fraction of sp³-hybridized carbons (Fsp3) is 0.600. The molecule has 0 bridgehead atoms. The predicted octanol–water partition coefficient (Wildman–Crippen LogP) is -2.17. The average molecular weight is 337 g/mol. The van der Waals surface area contributed by atoms with Gasteiger partial charge in [-0.25, -0.2) is 4.79 Å². The molecule has 2 rings (SSSR count). The van der Waals surface area contributed by atoms with Crippen LogP contribution in [0, 0.1) is 5.92 Å². The van der Waals surface area contributed by atoms with Crippen LogP contribution in [-0.2, 0) is 18.9 Å². The van der Waals surface area contributed by atoms with Gasteiger partial charge in [0.2, 0.25) is 5.91 Å². The number of hydrogen-bond acceptors (Lipinski definition) is 5. The van der Waals surface area contributed by atoms with Crippen molar-refractivity contribution in [3.63, 3.8) is 0 Å². The molecular weight excluding hydrogens is 314 g/mol. The Kier molecular flexibility index (Phi) is 5.23. The van der Waals surface area contributed by atoms with Crippen LogP contribution in [0.25, 0.3) is 0 Å². The highest BCUT2D eigenvalue weighted by Crippen LogP contribution is 2.11. The fourth-order valence-electron chi connectivity index (χ4n) is 2.83. The molecule has 9 heteroatoms. The maximum absolute atomic E-state index is 12.8. The van der Waals surface area contributed by atoms with Gasteiger partial charge in [-0.3, -0.25) is 23.5 Å². The summed E-state index contributed by atoms with van der Waals surface area (Å²) in [5.41, 5.74) is -1.06. The predicted molar refractivity (Wildman–Crippen MR) is 87.9 cm³/mol. The summed E-state index contributed by atoms with van der Waals surface area (Å²) in [7, 11) is 6.26. The van der Waals surface area contributed by atoms with Crippen molar-refractivity contribution < 1.29 is 9.59 Å². The molecule has 132 valence electrons. The lowest BCUT2D eigenvalue weighted by molar-refractivity contribution is -0.125. The van der Waals surface area contributed by atoms with E-state index in [1.54, 1.807) is 7.05 Å². The first-order valence-electron chi connectivity index (χ1n) is 7.72. The van der Waals surface area contributed by atoms with Crippen molar-refractivity contribution in [1.82, 2.24) is 24.3 Å². The monoisotopic (exact) mass is 337 g/mol. The second-order valence-electron chi connectivity index (χ2n) is 6.09. The Bertz CT molecular complexity index is 766. The van der Waals surface area contributed by atoms with E-state index in [0.717, 1.165) is 15.2 Å². The van der Waals surface area contributed by atoms with E-state index < -0.39 is 17.2 Å². The Labute approximate surface area is 139 Å². The number of rotatable bonds is 2. The molecular formula is C15H23N5O4. The number of nitrogens with zero attached hydrogens (tertiary/aromatic N) is 4. The summed E-state index contributed by atoms with van der Waals surface area (Å²) in [6.45, 7) is 1.81. The molecule has 1 aromatic heterocycles. The van der Waals surface area contributed by atoms with Gasteiger partial charge in [0.1, 0.15) is 5.69 Å². The standard InChI is InChI=1S/C15H23N5O4/c1-16-13(22)10-8-17(2)5-6-20(9-10)14(23)11-7-12(21)19(4)15(24)18(11)3/h7,10H,5-6,8-9H2,1-4H3,(H,16,22). The number of carbonyl (C=O) groups is 2. The molecule has 9 nitrogen and oxygen atoms in total. The fourth-order valence-corrected chi connectivity index (χ4v) is 2.83. The van der Waals surface area contributed by atoms with Crippen molar-refractivity contribution in [2.75, 3.05) is 40.3 Å². The quantitative estimate of drug-likeness (QED) is 0.663. The zero-order chi connectivity index (χ0) is 18.0. The molecule has 0 saturated carbocycles. The first-order chi connectivity index (χ1) is 11.3. The molecule has 1 saturated heterocycles. The topological polar surface area (TPSA) is 96.7 Å². The highest BCUT2D eigenvalue weighted by molar-refractivity contribution is 5.93. The lowest BCUT2D eigenvalue weighted by atomic mass is 10.1. The maximum atomic E-state index is 12.8. The van der Waals surface area contributed by atoms with Crippen LogP contribution in [-0.4, -0.2) is 71.0 Å². The van der Waals surface area contributed by atoms with Gasteiger partial charge in [0, 0.05) is 53.4 Å². The van der Waals surface area contributed by atoms with E-state index in [0.29, 0.717) is 19.6 Å². The van der Waals surface area contributed by atoms with E-state index in [4.69, 9.17) is 0 Å². The van der Waals surface area contributed by atoms with Gasteiger partial charge in [0.15, 0.2) is 0 Å². The smallest absolute Gasteiger partial charge is 0.331 e. The third kappa shape index (κ3) is 3.40. The van der Waals surface area contributed by atoms with Crippen LogP contribution < -0.4 is 16.6 Å². The molecule has 1 aliphatic heterocycles. The molecule has 2 heterocycles. The summed E-state index contributed by atoms with van der Waals surface area (Å²) in [6.07, 6.45) is 0. The van der Waals surface area contributed by atoms with Crippen LogP contribution >= 0.6 is 0 Å². The number of amides is 2. The molecule has 0 aliphatic carbocycles. The van der Waals surface area contributed by atoms with Gasteiger partial charge < -0.3 is 15.1 Å². The molecule has 24 heavy (non-hydrogen) atoms. The van der Waals surface area contributed by atoms with E-state index in [1.807, 2.05) is 11.9 Å². The normalized spacial score (nSPS) is 19.0. The minimum Gasteiger partial charge on any atom is -0.359 e. The van der Waals surface area contributed by atoms with Crippen LogP contribution in [0.5, 0.6) is 0 Å². The molecule has 0 spiro atoms. The molecule has 0 aromatic carbocycles. The summed E-state index contributed by atoms with van der Waals surface area (Å²) in [4.78, 5) is 52.2. The number of carbonyl (C=O) groups excluding carboxylic acids is 2. The highest BCUT2D eigenvalue weighted by Gasteiger charge is 2.30. The van der Waals surface area contributed by atoms with Gasteiger partial charge in [-0.15, -0.1) is 0 Å². The molecule has 1 fully saturated rings. The SMILES string of the molecule is CNC(=O)C1CN(C)CCN(C(=O)c2cc(=O)n(C)c(=O)n2C)C1. The third-order valence-corrected chi connectivity index (χ3v) is 4.37. The molecule has 1 unspecified atom stereocenters. The summed E-state index contributed by atoms with van der Waals surface area (Å²) in [5, 5.41) is 2.61. The molecule has 1 N–H and O–H groups in total. The summed E-state index contributed by atoms with van der Waals surface area (Å²) >= 11 is 0. The highest BCUT2D eigenvalue weighted by atomic mass is 16.2. The van der Waals surface area contributed by atoms with E-state index >= 15 is 0 Å². The van der Waals surface area contributed by atoms with Crippen LogP contribution in [0.3, 0.4) is 0 Å². The van der Waals surface area contributed by atoms with Crippen molar-refractivity contribution in [2.45, 2.75) is 0 Å². The Morgan fingerprint density at radius 3 is 2.38 bits per heavy atom. The van der Waals surface area contributed by atoms with Gasteiger partial charge >= 0.3 is 5.69 Å². The Morgan fingerprint density at radius 1 is 1.08 bits per heavy atom. The zero-order valence-corrected chi connectivity index (χ0v) is 14.4. The number of nitrogens with one attached hydrogen (secondary N) is 1. The van der Waals surface area contributed by atoms with Gasteiger partial charge in [0.25, 0.3) is 11.5 Å². The van der Waals surface area contributed by atoms with Crippen molar-refractivity contribution in [2.24, 2.45) is 20.0 Å². The first-order valence-corrected chi connectivity index (χ1v) is 7.72. The van der Waals surface area contributed by atoms with E-state index in [-0.39, 0.29) is 24.1 Å². The maximum Gasteiger partial charge on any atom is 0.331 e. The molecule has 2 amide bonds. The average Bonchev–Trinajstić information content (AvgIpc) is 2.76. The summed E-state index contributed by atoms with van der Waals surface area (Å²) < 4.78 is 2.10. The minimum atomic E-state index is -0.555. The van der Waals surface area contributed by atoms with Crippen LogP contribution in [0.15, 0.2) is 15.7 Å². The molecule has 0 radical (unpaired) electrons. The van der Waals surface area contributed by atoms with Crippen molar-refractivity contribution in [3.8, 4) is 0 Å². The summed E-state index contributed by atoms with van der Waals surface area (Å²) in [6, 6.07) is 1.16. The second-order valence-corrected chi connectivity index (χ2v) is 6.09. The molecule has 1 atom stereocenters. The third-order valence-electron chi connectivity index (χ3n) is 4.37. The van der Waals surface area contributed by atoms with Crippen molar-refractivity contribution in [3.05, 3.63) is 32.6 Å². The number of aromatic nitrogens is 2. The summed E-state index contributed by atoms with van der Waals surface area (Å²) in [5.74, 6) is -0.925. The van der Waals surface area contributed by atoms with Crippen molar-refractivity contribution >= 4 is 11.8 Å². The minimum absolute atomic E-state index is 0.0308. The van der Waals surface area contributed by atoms with E-state index in [2.05, 4.69) is 5.32 Å². The van der Waals surface area contributed by atoms with Crippen LogP contribution in [0.4, 0.5) is 0 Å². The lowest BCUT2D eigenvalue weighted by Crippen LogP contribution is -2.45. The Hall–Kier alpha value is -2.42. The van der Waals surface area contributed by atoms with Gasteiger partial charge in [-0.05, 0) is 7.05 Å². The van der Waals surface area contributed by atoms with Crippen LogP contribution in [0.1, 0.15) is 10.5 Å². The number of hydrogen-bond donors (Lipinski definition) is 1. The second kappa shape index (κ2) is 7.00. The van der Waals surface area contributed by atoms with Crippen LogP contribution in [0.2, 0.25) is 0 Å². The van der Waals surface area contributed by atoms with Gasteiger partial charge in [-0.1, -0.05) is 0 Å². The number of likely N-dealkylation sites (N-methyl/N-ethyl adjacent to an activating group) is 1. The van der Waals surface area contributed by atoms with E-state index in [9.17, 15) is 19.2 Å². The molecule has 1 aliphatic rings. The molecule has 1 aromatic rings. The van der Waals surface area contributed by atoms with Crippen molar-refractivity contribution in [1.29, 1.82) is 0 Å². The Balaban J connectivity index is 2.36. The van der Waals surface area contributed by atoms with Gasteiger partial charge in [0.05, 0.1) is 5.92 Å².